The molecule has 4 unspecified atom stereocenters. The molecule has 0 aromatic carbocycles. The Balaban J connectivity index is 1.84. The predicted molar refractivity (Wildman–Crippen MR) is 54.9 cm³/mol. The van der Waals surface area contributed by atoms with Crippen molar-refractivity contribution in [1.82, 2.24) is 0 Å². The molecule has 4 aliphatic rings. The first kappa shape index (κ1) is 11.8. The summed E-state index contributed by atoms with van der Waals surface area (Å²) in [4.78, 5) is 0. The van der Waals surface area contributed by atoms with Crippen molar-refractivity contribution >= 4 is 0 Å². The van der Waals surface area contributed by atoms with Crippen LogP contribution in [0.4, 0.5) is 0 Å². The van der Waals surface area contributed by atoms with Crippen LogP contribution in [0.3, 0.4) is 0 Å². The molecule has 1 saturated carbocycles. The van der Waals surface area contributed by atoms with Crippen LogP contribution < -0.4 is 0 Å². The number of rotatable bonds is 3. The fourth-order valence-corrected chi connectivity index (χ4v) is 3.01. The van der Waals surface area contributed by atoms with E-state index in [4.69, 9.17) is 23.7 Å². The molecule has 0 amide bonds. The van der Waals surface area contributed by atoms with Crippen LogP contribution in [-0.2, 0) is 23.7 Å². The quantitative estimate of drug-likeness (QED) is 0.698. The molecule has 1 aliphatic carbocycles. The van der Waals surface area contributed by atoms with Gasteiger partial charge in [-0.25, -0.2) is 0 Å². The van der Waals surface area contributed by atoms with E-state index in [-0.39, 0.29) is 31.0 Å². The summed E-state index contributed by atoms with van der Waals surface area (Å²) in [6.07, 6.45) is -1.78. The molecule has 3 heterocycles. The monoisotopic (exact) mass is 246 g/mol. The Bertz CT molecular complexity index is 288. The van der Waals surface area contributed by atoms with Crippen molar-refractivity contribution in [2.75, 3.05) is 13.9 Å². The molecule has 4 fully saturated rings. The van der Waals surface area contributed by atoms with Gasteiger partial charge < -0.3 is 28.8 Å². The Morgan fingerprint density at radius 1 is 1.18 bits per heavy atom. The lowest BCUT2D eigenvalue weighted by Gasteiger charge is -2.61. The largest absolute Gasteiger partial charge is 0.388 e. The maximum absolute atomic E-state index is 10.2. The molecule has 4 bridgehead atoms. The van der Waals surface area contributed by atoms with Gasteiger partial charge in [0.15, 0.2) is 0 Å². The highest BCUT2D eigenvalue weighted by Crippen LogP contribution is 2.48. The zero-order valence-electron chi connectivity index (χ0n) is 10.2. The zero-order chi connectivity index (χ0) is 12.2. The van der Waals surface area contributed by atoms with Crippen LogP contribution in [0.5, 0.6) is 0 Å². The maximum Gasteiger partial charge on any atom is 0.281 e. The van der Waals surface area contributed by atoms with Crippen LogP contribution in [0.1, 0.15) is 13.8 Å². The molecule has 0 aromatic heterocycles. The van der Waals surface area contributed by atoms with Crippen molar-refractivity contribution in [2.45, 2.75) is 50.3 Å². The minimum absolute atomic E-state index is 0.0695. The predicted octanol–water partition coefficient (Wildman–Crippen LogP) is -0.157. The van der Waals surface area contributed by atoms with E-state index in [2.05, 4.69) is 0 Å². The molecule has 6 nitrogen and oxygen atoms in total. The molecule has 3 aliphatic heterocycles. The van der Waals surface area contributed by atoms with Gasteiger partial charge in [-0.2, -0.15) is 0 Å². The molecule has 0 aromatic rings. The summed E-state index contributed by atoms with van der Waals surface area (Å²) in [7, 11) is 1.56. The van der Waals surface area contributed by atoms with Gasteiger partial charge in [-0.05, 0) is 0 Å². The van der Waals surface area contributed by atoms with Crippen molar-refractivity contribution in [3.8, 4) is 0 Å². The van der Waals surface area contributed by atoms with Crippen molar-refractivity contribution in [2.24, 2.45) is 5.92 Å². The lowest BCUT2D eigenvalue weighted by molar-refractivity contribution is -0.530. The Kier molecular flexibility index (Phi) is 2.70. The van der Waals surface area contributed by atoms with E-state index >= 15 is 0 Å². The minimum atomic E-state index is -1.04. The van der Waals surface area contributed by atoms with E-state index in [0.717, 1.165) is 0 Å². The van der Waals surface area contributed by atoms with Crippen LogP contribution in [-0.4, -0.2) is 55.5 Å². The molecule has 0 radical (unpaired) electrons. The fourth-order valence-electron chi connectivity index (χ4n) is 3.01. The summed E-state index contributed by atoms with van der Waals surface area (Å²) in [6, 6.07) is 0. The van der Waals surface area contributed by atoms with Gasteiger partial charge in [0.1, 0.15) is 25.1 Å². The first-order chi connectivity index (χ1) is 8.06. The van der Waals surface area contributed by atoms with Crippen molar-refractivity contribution in [1.29, 1.82) is 0 Å². The topological polar surface area (TPSA) is 66.4 Å². The van der Waals surface area contributed by atoms with Crippen molar-refractivity contribution in [3.63, 3.8) is 0 Å². The third-order valence-electron chi connectivity index (χ3n) is 3.79. The molecule has 1 N–H and O–H groups in total. The smallest absolute Gasteiger partial charge is 0.281 e. The molecular formula is C11H18O6. The van der Waals surface area contributed by atoms with Crippen LogP contribution in [0.2, 0.25) is 0 Å². The van der Waals surface area contributed by atoms with E-state index in [1.54, 1.807) is 14.0 Å². The van der Waals surface area contributed by atoms with Gasteiger partial charge in [-0.1, -0.05) is 6.92 Å². The van der Waals surface area contributed by atoms with E-state index < -0.39 is 18.2 Å². The van der Waals surface area contributed by atoms with Crippen molar-refractivity contribution < 1.29 is 28.8 Å². The number of hydrogen-bond acceptors (Lipinski definition) is 6. The van der Waals surface area contributed by atoms with Gasteiger partial charge in [0.25, 0.3) is 5.97 Å². The van der Waals surface area contributed by atoms with E-state index in [1.165, 1.54) is 0 Å². The first-order valence-corrected chi connectivity index (χ1v) is 5.88. The zero-order valence-corrected chi connectivity index (χ0v) is 10.2. The summed E-state index contributed by atoms with van der Waals surface area (Å²) >= 11 is 0. The van der Waals surface area contributed by atoms with E-state index in [1.807, 2.05) is 6.92 Å². The summed E-state index contributed by atoms with van der Waals surface area (Å²) in [5.74, 6) is -0.973. The van der Waals surface area contributed by atoms with Crippen LogP contribution in [0.25, 0.3) is 0 Å². The number of aliphatic hydroxyl groups is 1. The maximum atomic E-state index is 10.2. The lowest BCUT2D eigenvalue weighted by Crippen LogP contribution is -2.76. The Morgan fingerprint density at radius 2 is 1.82 bits per heavy atom. The average Bonchev–Trinajstić information content (AvgIpc) is 2.29. The Morgan fingerprint density at radius 3 is 2.53 bits per heavy atom. The van der Waals surface area contributed by atoms with Crippen LogP contribution in [0, 0.1) is 5.92 Å². The SMILES string of the molecule is COCO[C@@H]1[C@@H]2OC3(C)OC(C2C)C(O)[C@H]1O3. The molecule has 3 saturated heterocycles. The summed E-state index contributed by atoms with van der Waals surface area (Å²) < 4.78 is 27.4. The third kappa shape index (κ3) is 1.63. The number of ether oxygens (including phenoxy) is 5. The highest BCUT2D eigenvalue weighted by Gasteiger charge is 2.64. The van der Waals surface area contributed by atoms with Crippen LogP contribution in [0.15, 0.2) is 0 Å². The number of hydrogen-bond donors (Lipinski definition) is 1. The van der Waals surface area contributed by atoms with Gasteiger partial charge in [-0.3, -0.25) is 0 Å². The van der Waals surface area contributed by atoms with E-state index in [9.17, 15) is 5.11 Å². The van der Waals surface area contributed by atoms with E-state index in [0.29, 0.717) is 0 Å². The Hall–Kier alpha value is -0.240. The van der Waals surface area contributed by atoms with Gasteiger partial charge in [0, 0.05) is 20.0 Å². The highest BCUT2D eigenvalue weighted by molar-refractivity contribution is 5.06. The molecule has 6 heteroatoms. The molecule has 98 valence electrons. The van der Waals surface area contributed by atoms with Gasteiger partial charge in [0.2, 0.25) is 0 Å². The van der Waals surface area contributed by atoms with Gasteiger partial charge in [0.05, 0.1) is 12.2 Å². The van der Waals surface area contributed by atoms with Gasteiger partial charge >= 0.3 is 0 Å². The minimum Gasteiger partial charge on any atom is -0.388 e. The summed E-state index contributed by atoms with van der Waals surface area (Å²) in [5, 5.41) is 10.2. The summed E-state index contributed by atoms with van der Waals surface area (Å²) in [6.45, 7) is 3.87. The second-order valence-corrected chi connectivity index (χ2v) is 5.00. The molecular weight excluding hydrogens is 228 g/mol. The third-order valence-corrected chi connectivity index (χ3v) is 3.79. The normalized spacial score (nSPS) is 56.5. The van der Waals surface area contributed by atoms with Crippen LogP contribution >= 0.6 is 0 Å². The standard InChI is InChI=1S/C11H18O6/c1-5-7-6(12)9-10(14-4-13-3)8(5)16-11(2,15-7)17-9/h5-10,12H,4H2,1-3H3/t5?,6?,7?,8-,9-,10-,11?/m1/s1. The fraction of sp³-hybridized carbons (Fsp3) is 1.00. The molecule has 0 spiro atoms. The molecule has 17 heavy (non-hydrogen) atoms. The second kappa shape index (κ2) is 3.88. The second-order valence-electron chi connectivity index (χ2n) is 5.00. The number of methoxy groups -OCH3 is 1. The Labute approximate surface area is 99.7 Å². The molecule has 7 atom stereocenters. The van der Waals surface area contributed by atoms with Gasteiger partial charge in [-0.15, -0.1) is 0 Å². The highest BCUT2D eigenvalue weighted by atomic mass is 16.9. The summed E-state index contributed by atoms with van der Waals surface area (Å²) in [5.41, 5.74) is 0. The molecule has 4 rings (SSSR count). The first-order valence-electron chi connectivity index (χ1n) is 5.88. The lowest BCUT2D eigenvalue weighted by atomic mass is 9.77. The number of aliphatic hydroxyl groups excluding tert-OH is 1. The van der Waals surface area contributed by atoms with Crippen molar-refractivity contribution in [3.05, 3.63) is 0 Å². The average molecular weight is 246 g/mol.